The molecule has 0 aliphatic carbocycles. The van der Waals surface area contributed by atoms with E-state index in [2.05, 4.69) is 5.32 Å². The number of sulfonamides is 1. The monoisotopic (exact) mass is 410 g/mol. The van der Waals surface area contributed by atoms with Crippen LogP contribution in [0.15, 0.2) is 47.4 Å². The van der Waals surface area contributed by atoms with E-state index in [1.807, 2.05) is 0 Å². The first-order valence-electron chi connectivity index (χ1n) is 8.60. The van der Waals surface area contributed by atoms with Crippen molar-refractivity contribution in [3.8, 4) is 5.75 Å². The number of halogens is 1. The van der Waals surface area contributed by atoms with Crippen LogP contribution in [-0.4, -0.2) is 53.4 Å². The van der Waals surface area contributed by atoms with E-state index in [0.717, 1.165) is 9.21 Å². The third-order valence-electron chi connectivity index (χ3n) is 4.12. The molecule has 2 rings (SSSR count). The third-order valence-corrected chi connectivity index (χ3v) is 5.95. The largest absolute Gasteiger partial charge is 0.495 e. The summed E-state index contributed by atoms with van der Waals surface area (Å²) in [5.41, 5.74) is 0.863. The lowest BCUT2D eigenvalue weighted by atomic mass is 10.2. The van der Waals surface area contributed by atoms with Gasteiger partial charge in [0.15, 0.2) is 6.54 Å². The Bertz CT molecular complexity index is 948. The van der Waals surface area contributed by atoms with E-state index in [4.69, 9.17) is 4.74 Å². The molecule has 0 aromatic heterocycles. The number of hydrogen-bond donors (Lipinski definition) is 2. The van der Waals surface area contributed by atoms with Crippen LogP contribution in [0.25, 0.3) is 0 Å². The fraction of sp³-hybridized carbons (Fsp3) is 0.316. The maximum Gasteiger partial charge on any atom is 0.279 e. The summed E-state index contributed by atoms with van der Waals surface area (Å²) in [7, 11) is 2.26. The maximum atomic E-state index is 13.7. The second-order valence-electron chi connectivity index (χ2n) is 6.60. The van der Waals surface area contributed by atoms with Crippen LogP contribution in [0.4, 0.5) is 10.1 Å². The summed E-state index contributed by atoms with van der Waals surface area (Å²) in [6, 6.07) is 10.8. The minimum Gasteiger partial charge on any atom is -0.495 e. The summed E-state index contributed by atoms with van der Waals surface area (Å²) in [6.45, 7) is 0.444. The highest BCUT2D eigenvalue weighted by Crippen LogP contribution is 2.28. The zero-order valence-corrected chi connectivity index (χ0v) is 17.1. The number of amides is 1. The van der Waals surface area contributed by atoms with Gasteiger partial charge >= 0.3 is 0 Å². The molecule has 2 aromatic rings. The second-order valence-corrected chi connectivity index (χ2v) is 8.72. The van der Waals surface area contributed by atoms with Crippen LogP contribution < -0.4 is 15.0 Å². The smallest absolute Gasteiger partial charge is 0.279 e. The summed E-state index contributed by atoms with van der Waals surface area (Å²) in [6.07, 6.45) is 0. The lowest BCUT2D eigenvalue weighted by molar-refractivity contribution is -0.885. The molecular formula is C19H25FN3O4S+. The average Bonchev–Trinajstić information content (AvgIpc) is 2.63. The first kappa shape index (κ1) is 21.8. The first-order chi connectivity index (χ1) is 13.1. The molecule has 0 aliphatic rings. The Balaban J connectivity index is 2.10. The number of nitrogens with one attached hydrogen (secondary N) is 2. The molecular weight excluding hydrogens is 385 g/mol. The number of methoxy groups -OCH3 is 1. The Morgan fingerprint density at radius 1 is 1.21 bits per heavy atom. The van der Waals surface area contributed by atoms with Gasteiger partial charge < -0.3 is 15.0 Å². The van der Waals surface area contributed by atoms with Gasteiger partial charge in [0.1, 0.15) is 23.0 Å². The second kappa shape index (κ2) is 9.13. The highest BCUT2D eigenvalue weighted by atomic mass is 32.2. The van der Waals surface area contributed by atoms with Crippen molar-refractivity contribution in [2.24, 2.45) is 0 Å². The van der Waals surface area contributed by atoms with Gasteiger partial charge in [-0.3, -0.25) is 4.79 Å². The Morgan fingerprint density at radius 2 is 1.89 bits per heavy atom. The number of nitrogens with zero attached hydrogens (tertiary/aromatic N) is 1. The summed E-state index contributed by atoms with van der Waals surface area (Å²) < 4.78 is 44.9. The fourth-order valence-electron chi connectivity index (χ4n) is 2.66. The number of hydrogen-bond acceptors (Lipinski definition) is 4. The van der Waals surface area contributed by atoms with E-state index in [0.29, 0.717) is 17.8 Å². The molecule has 0 heterocycles. The number of carbonyl (C=O) groups is 1. The number of rotatable bonds is 8. The first-order valence-corrected chi connectivity index (χ1v) is 10.0. The fourth-order valence-corrected chi connectivity index (χ4v) is 3.74. The van der Waals surface area contributed by atoms with Crippen molar-refractivity contribution in [2.45, 2.75) is 11.4 Å². The molecule has 0 spiro atoms. The van der Waals surface area contributed by atoms with Crippen LogP contribution in [-0.2, 0) is 21.4 Å². The topological polar surface area (TPSA) is 80.1 Å². The molecule has 1 amide bonds. The predicted molar refractivity (Wildman–Crippen MR) is 104 cm³/mol. The van der Waals surface area contributed by atoms with Gasteiger partial charge in [-0.1, -0.05) is 18.2 Å². The summed E-state index contributed by atoms with van der Waals surface area (Å²) >= 11 is 0. The zero-order chi connectivity index (χ0) is 20.9. The minimum absolute atomic E-state index is 0.0372. The van der Waals surface area contributed by atoms with Gasteiger partial charge in [0.05, 0.1) is 14.2 Å². The van der Waals surface area contributed by atoms with E-state index >= 15 is 0 Å². The number of likely N-dealkylation sites (N-methyl/N-ethyl adjacent to an activating group) is 1. The quantitative estimate of drug-likeness (QED) is 0.673. The molecule has 0 saturated heterocycles. The van der Waals surface area contributed by atoms with Crippen molar-refractivity contribution < 1.29 is 27.2 Å². The van der Waals surface area contributed by atoms with Gasteiger partial charge in [0.2, 0.25) is 10.0 Å². The number of carbonyl (C=O) groups excluding carboxylic acids is 1. The number of anilines is 1. The molecule has 2 N–H and O–H groups in total. The van der Waals surface area contributed by atoms with Crippen molar-refractivity contribution in [1.29, 1.82) is 0 Å². The highest BCUT2D eigenvalue weighted by Gasteiger charge is 2.23. The number of quaternary nitrogens is 1. The lowest BCUT2D eigenvalue weighted by Crippen LogP contribution is -3.08. The molecule has 0 aliphatic heterocycles. The van der Waals surface area contributed by atoms with E-state index in [-0.39, 0.29) is 28.9 Å². The van der Waals surface area contributed by atoms with Gasteiger partial charge in [-0.05, 0) is 24.3 Å². The molecule has 7 nitrogen and oxygen atoms in total. The van der Waals surface area contributed by atoms with Crippen molar-refractivity contribution in [3.05, 3.63) is 53.8 Å². The van der Waals surface area contributed by atoms with Crippen molar-refractivity contribution >= 4 is 21.6 Å². The average molecular weight is 410 g/mol. The molecule has 152 valence electrons. The molecule has 9 heteroatoms. The van der Waals surface area contributed by atoms with E-state index < -0.39 is 10.0 Å². The Hall–Kier alpha value is -2.49. The summed E-state index contributed by atoms with van der Waals surface area (Å²) in [4.78, 5) is 13.1. The van der Waals surface area contributed by atoms with Gasteiger partial charge in [0, 0.05) is 25.3 Å². The third kappa shape index (κ3) is 5.28. The van der Waals surface area contributed by atoms with Crippen LogP contribution in [0.1, 0.15) is 5.56 Å². The lowest BCUT2D eigenvalue weighted by Gasteiger charge is -2.17. The highest BCUT2D eigenvalue weighted by molar-refractivity contribution is 7.89. The Labute approximate surface area is 164 Å². The van der Waals surface area contributed by atoms with Crippen molar-refractivity contribution in [3.63, 3.8) is 0 Å². The van der Waals surface area contributed by atoms with Crippen molar-refractivity contribution in [2.75, 3.05) is 40.1 Å². The standard InChI is InChI=1S/C19H24FN3O4S/c1-22(2)28(25,26)18-11-15(9-10-17(18)27-4)21-19(24)13-23(3)12-14-7-5-6-8-16(14)20/h5-11H,12-13H2,1-4H3,(H,21,24)/p+1. The van der Waals surface area contributed by atoms with Crippen LogP contribution in [0.5, 0.6) is 5.75 Å². The summed E-state index contributed by atoms with van der Waals surface area (Å²) in [5, 5.41) is 2.68. The number of benzene rings is 2. The molecule has 28 heavy (non-hydrogen) atoms. The van der Waals surface area contributed by atoms with Gasteiger partial charge in [0.25, 0.3) is 5.91 Å². The molecule has 0 saturated carbocycles. The molecule has 0 radical (unpaired) electrons. The van der Waals surface area contributed by atoms with Gasteiger partial charge in [-0.15, -0.1) is 0 Å². The number of ether oxygens (including phenoxy) is 1. The van der Waals surface area contributed by atoms with Crippen LogP contribution in [0, 0.1) is 5.82 Å². The Kier molecular flexibility index (Phi) is 7.11. The predicted octanol–water partition coefficient (Wildman–Crippen LogP) is 0.738. The molecule has 2 aromatic carbocycles. The van der Waals surface area contributed by atoms with Gasteiger partial charge in [-0.2, -0.15) is 0 Å². The van der Waals surface area contributed by atoms with Gasteiger partial charge in [-0.25, -0.2) is 17.1 Å². The molecule has 0 bridgehead atoms. The zero-order valence-electron chi connectivity index (χ0n) is 16.3. The molecule has 0 fully saturated rings. The van der Waals surface area contributed by atoms with Crippen LogP contribution in [0.2, 0.25) is 0 Å². The molecule has 1 atom stereocenters. The van der Waals surface area contributed by atoms with Crippen molar-refractivity contribution in [1.82, 2.24) is 4.31 Å². The van der Waals surface area contributed by atoms with Crippen LogP contribution >= 0.6 is 0 Å². The van der Waals surface area contributed by atoms with Crippen LogP contribution in [0.3, 0.4) is 0 Å². The SMILES string of the molecule is COc1ccc(NC(=O)C[NH+](C)Cc2ccccc2F)cc1S(=O)(=O)N(C)C. The van der Waals surface area contributed by atoms with E-state index in [1.54, 1.807) is 31.3 Å². The summed E-state index contributed by atoms with van der Waals surface area (Å²) in [5.74, 6) is -0.433. The molecule has 1 unspecified atom stereocenters. The minimum atomic E-state index is -3.74. The Morgan fingerprint density at radius 3 is 2.50 bits per heavy atom. The normalized spacial score (nSPS) is 12.6. The van der Waals surface area contributed by atoms with E-state index in [1.165, 1.54) is 39.4 Å². The van der Waals surface area contributed by atoms with E-state index in [9.17, 15) is 17.6 Å². The maximum absolute atomic E-state index is 13.7.